The lowest BCUT2D eigenvalue weighted by Gasteiger charge is -2.26. The van der Waals surface area contributed by atoms with E-state index in [0.29, 0.717) is 18.4 Å². The van der Waals surface area contributed by atoms with Gasteiger partial charge >= 0.3 is 6.03 Å². The third-order valence-electron chi connectivity index (χ3n) is 3.15. The van der Waals surface area contributed by atoms with Gasteiger partial charge in [0.1, 0.15) is 0 Å². The third-order valence-corrected chi connectivity index (χ3v) is 3.15. The normalized spacial score (nSPS) is 10.9. The van der Waals surface area contributed by atoms with Gasteiger partial charge in [-0.1, -0.05) is 52.0 Å². The molecule has 0 bridgehead atoms. The summed E-state index contributed by atoms with van der Waals surface area (Å²) in [7, 11) is 0. The number of hydrogen-bond donors (Lipinski definition) is 1. The van der Waals surface area contributed by atoms with Crippen molar-refractivity contribution >= 4 is 6.03 Å². The van der Waals surface area contributed by atoms with Crippen molar-refractivity contribution in [3.8, 4) is 0 Å². The highest BCUT2D eigenvalue weighted by atomic mass is 16.2. The molecule has 1 aromatic carbocycles. The van der Waals surface area contributed by atoms with Gasteiger partial charge in [-0.3, -0.25) is 0 Å². The van der Waals surface area contributed by atoms with Gasteiger partial charge in [0.05, 0.1) is 0 Å². The lowest BCUT2D eigenvalue weighted by molar-refractivity contribution is 0.183. The van der Waals surface area contributed by atoms with Crippen LogP contribution in [-0.4, -0.2) is 24.0 Å². The van der Waals surface area contributed by atoms with E-state index in [1.807, 2.05) is 17.0 Å². The molecule has 0 saturated carbocycles. The summed E-state index contributed by atoms with van der Waals surface area (Å²) in [5.74, 6) is 0.968. The molecule has 3 nitrogen and oxygen atoms in total. The van der Waals surface area contributed by atoms with Crippen molar-refractivity contribution in [3.05, 3.63) is 35.4 Å². The van der Waals surface area contributed by atoms with E-state index in [2.05, 4.69) is 52.1 Å². The Hall–Kier alpha value is -1.51. The molecule has 0 saturated heterocycles. The number of nitrogens with one attached hydrogen (secondary N) is 1. The van der Waals surface area contributed by atoms with Crippen molar-refractivity contribution < 1.29 is 4.79 Å². The molecule has 0 atom stereocenters. The smallest absolute Gasteiger partial charge is 0.317 e. The maximum absolute atomic E-state index is 12.3. The summed E-state index contributed by atoms with van der Waals surface area (Å²) < 4.78 is 0. The predicted octanol–water partition coefficient (Wildman–Crippen LogP) is 3.82. The van der Waals surface area contributed by atoms with Crippen LogP contribution in [0.1, 0.15) is 38.8 Å². The zero-order chi connectivity index (χ0) is 15.1. The second kappa shape index (κ2) is 7.93. The van der Waals surface area contributed by atoms with E-state index in [1.165, 1.54) is 11.1 Å². The summed E-state index contributed by atoms with van der Waals surface area (Å²) in [6, 6.07) is 8.20. The van der Waals surface area contributed by atoms with Crippen LogP contribution in [0.4, 0.5) is 4.79 Å². The largest absolute Gasteiger partial charge is 0.334 e. The van der Waals surface area contributed by atoms with Gasteiger partial charge in [-0.2, -0.15) is 0 Å². The van der Waals surface area contributed by atoms with Crippen LogP contribution in [0.5, 0.6) is 0 Å². The van der Waals surface area contributed by atoms with Crippen molar-refractivity contribution in [1.29, 1.82) is 0 Å². The van der Waals surface area contributed by atoms with Crippen molar-refractivity contribution in [2.75, 3.05) is 13.1 Å². The highest BCUT2D eigenvalue weighted by molar-refractivity contribution is 5.74. The van der Waals surface area contributed by atoms with Crippen molar-refractivity contribution in [1.82, 2.24) is 10.2 Å². The van der Waals surface area contributed by atoms with E-state index in [0.717, 1.165) is 13.1 Å². The Kier molecular flexibility index (Phi) is 6.56. The van der Waals surface area contributed by atoms with Crippen LogP contribution in [0.15, 0.2) is 24.3 Å². The fraction of sp³-hybridized carbons (Fsp3) is 0.588. The van der Waals surface area contributed by atoms with Gasteiger partial charge in [-0.15, -0.1) is 0 Å². The molecule has 0 radical (unpaired) electrons. The monoisotopic (exact) mass is 276 g/mol. The number of benzene rings is 1. The molecular weight excluding hydrogens is 248 g/mol. The van der Waals surface area contributed by atoms with Gasteiger partial charge in [-0.25, -0.2) is 4.79 Å². The topological polar surface area (TPSA) is 32.3 Å². The first-order valence-electron chi connectivity index (χ1n) is 7.47. The van der Waals surface area contributed by atoms with Crippen LogP contribution >= 0.6 is 0 Å². The SMILES string of the molecule is Cc1ccccc1CNC(=O)N(CC(C)C)CC(C)C. The molecular formula is C17H28N2O. The average Bonchev–Trinajstić information content (AvgIpc) is 2.35. The summed E-state index contributed by atoms with van der Waals surface area (Å²) >= 11 is 0. The molecule has 0 aliphatic heterocycles. The molecule has 20 heavy (non-hydrogen) atoms. The fourth-order valence-corrected chi connectivity index (χ4v) is 2.21. The Balaban J connectivity index is 2.59. The van der Waals surface area contributed by atoms with Crippen molar-refractivity contribution in [2.24, 2.45) is 11.8 Å². The van der Waals surface area contributed by atoms with Crippen LogP contribution in [0.2, 0.25) is 0 Å². The molecule has 1 rings (SSSR count). The van der Waals surface area contributed by atoms with Crippen molar-refractivity contribution in [3.63, 3.8) is 0 Å². The Morgan fingerprint density at radius 2 is 1.65 bits per heavy atom. The first-order valence-corrected chi connectivity index (χ1v) is 7.47. The standard InChI is InChI=1S/C17H28N2O/c1-13(2)11-19(12-14(3)4)17(20)18-10-16-9-7-6-8-15(16)5/h6-9,13-14H,10-12H2,1-5H3,(H,18,20). The molecule has 1 N–H and O–H groups in total. The van der Waals surface area contributed by atoms with Gasteiger partial charge in [-0.05, 0) is 29.9 Å². The number of carbonyl (C=O) groups excluding carboxylic acids is 1. The predicted molar refractivity (Wildman–Crippen MR) is 84.7 cm³/mol. The summed E-state index contributed by atoms with van der Waals surface area (Å²) in [5, 5.41) is 3.04. The van der Waals surface area contributed by atoms with Crippen LogP contribution in [0.3, 0.4) is 0 Å². The minimum absolute atomic E-state index is 0.0376. The minimum Gasteiger partial charge on any atom is -0.334 e. The number of aryl methyl sites for hydroxylation is 1. The minimum atomic E-state index is 0.0376. The van der Waals surface area contributed by atoms with Gasteiger partial charge in [0.25, 0.3) is 0 Å². The molecule has 2 amide bonds. The fourth-order valence-electron chi connectivity index (χ4n) is 2.21. The van der Waals surface area contributed by atoms with Crippen LogP contribution < -0.4 is 5.32 Å². The molecule has 0 heterocycles. The molecule has 1 aromatic rings. The highest BCUT2D eigenvalue weighted by Crippen LogP contribution is 2.08. The number of carbonyl (C=O) groups is 1. The number of hydrogen-bond acceptors (Lipinski definition) is 1. The second-order valence-corrected chi connectivity index (χ2v) is 6.28. The van der Waals surface area contributed by atoms with E-state index in [9.17, 15) is 4.79 Å². The Morgan fingerprint density at radius 3 is 2.15 bits per heavy atom. The van der Waals surface area contributed by atoms with E-state index in [4.69, 9.17) is 0 Å². The van der Waals surface area contributed by atoms with E-state index in [1.54, 1.807) is 0 Å². The molecule has 0 aliphatic rings. The maximum Gasteiger partial charge on any atom is 0.317 e. The lowest BCUT2D eigenvalue weighted by Crippen LogP contribution is -2.43. The summed E-state index contributed by atoms with van der Waals surface area (Å²) in [6.45, 7) is 12.8. The third kappa shape index (κ3) is 5.64. The van der Waals surface area contributed by atoms with E-state index in [-0.39, 0.29) is 6.03 Å². The first-order chi connectivity index (χ1) is 9.40. The Bertz CT molecular complexity index is 417. The maximum atomic E-state index is 12.3. The molecule has 0 fully saturated rings. The van der Waals surface area contributed by atoms with Gasteiger partial charge < -0.3 is 10.2 Å². The zero-order valence-corrected chi connectivity index (χ0v) is 13.4. The summed E-state index contributed by atoms with van der Waals surface area (Å²) in [6.07, 6.45) is 0. The van der Waals surface area contributed by atoms with Gasteiger partial charge in [0.2, 0.25) is 0 Å². The highest BCUT2D eigenvalue weighted by Gasteiger charge is 2.15. The zero-order valence-electron chi connectivity index (χ0n) is 13.4. The molecule has 0 aromatic heterocycles. The number of amides is 2. The lowest BCUT2D eigenvalue weighted by atomic mass is 10.1. The second-order valence-electron chi connectivity index (χ2n) is 6.28. The van der Waals surface area contributed by atoms with Gasteiger partial charge in [0.15, 0.2) is 0 Å². The number of rotatable bonds is 6. The summed E-state index contributed by atoms with van der Waals surface area (Å²) in [5.41, 5.74) is 2.39. The van der Waals surface area contributed by atoms with Crippen molar-refractivity contribution in [2.45, 2.75) is 41.2 Å². The van der Waals surface area contributed by atoms with E-state index < -0.39 is 0 Å². The van der Waals surface area contributed by atoms with Crippen LogP contribution in [-0.2, 0) is 6.54 Å². The molecule has 0 spiro atoms. The van der Waals surface area contributed by atoms with Crippen LogP contribution in [0, 0.1) is 18.8 Å². The number of urea groups is 1. The quantitative estimate of drug-likeness (QED) is 0.841. The molecule has 0 aliphatic carbocycles. The first kappa shape index (κ1) is 16.5. The van der Waals surface area contributed by atoms with Gasteiger partial charge in [0, 0.05) is 19.6 Å². The molecule has 3 heteroatoms. The Labute approximate surface area is 123 Å². The summed E-state index contributed by atoms with van der Waals surface area (Å²) in [4.78, 5) is 14.2. The Morgan fingerprint density at radius 1 is 1.10 bits per heavy atom. The molecule has 0 unspecified atom stereocenters. The number of nitrogens with zero attached hydrogens (tertiary/aromatic N) is 1. The van der Waals surface area contributed by atoms with E-state index >= 15 is 0 Å². The average molecular weight is 276 g/mol. The molecule has 112 valence electrons. The van der Waals surface area contributed by atoms with Crippen LogP contribution in [0.25, 0.3) is 0 Å².